The molecule has 1 aromatic rings. The van der Waals surface area contributed by atoms with Crippen LogP contribution in [-0.2, 0) is 6.54 Å². The molecule has 0 spiro atoms. The average molecular weight is 214 g/mol. The highest BCUT2D eigenvalue weighted by molar-refractivity contribution is 5.24. The average Bonchev–Trinajstić information content (AvgIpc) is 2.25. The van der Waals surface area contributed by atoms with Crippen molar-refractivity contribution in [2.24, 2.45) is 5.73 Å². The van der Waals surface area contributed by atoms with Crippen LogP contribution in [0.25, 0.3) is 0 Å². The third-order valence-electron chi connectivity index (χ3n) is 2.09. The highest BCUT2D eigenvalue weighted by Crippen LogP contribution is 2.19. The van der Waals surface area contributed by atoms with Gasteiger partial charge in [-0.15, -0.1) is 0 Å². The van der Waals surface area contributed by atoms with E-state index in [9.17, 15) is 8.78 Å². The van der Waals surface area contributed by atoms with Gasteiger partial charge in [0.1, 0.15) is 0 Å². The Labute approximate surface area is 88.5 Å². The molecule has 4 heteroatoms. The summed E-state index contributed by atoms with van der Waals surface area (Å²) in [4.78, 5) is 0. The van der Waals surface area contributed by atoms with Crippen molar-refractivity contribution in [3.63, 3.8) is 0 Å². The summed E-state index contributed by atoms with van der Waals surface area (Å²) in [5, 5.41) is 3.14. The molecule has 0 bridgehead atoms. The highest BCUT2D eigenvalue weighted by Gasteiger charge is 2.06. The molecule has 3 N–H and O–H groups in total. The maximum atomic E-state index is 12.4. The molecule has 0 aliphatic rings. The zero-order valence-corrected chi connectivity index (χ0v) is 8.55. The smallest absolute Gasteiger partial charge is 0.263 e. The Balaban J connectivity index is 2.43. The van der Waals surface area contributed by atoms with Crippen molar-refractivity contribution in [2.45, 2.75) is 19.4 Å². The second-order valence-corrected chi connectivity index (χ2v) is 3.36. The SMILES string of the molecule is NCCCNCc1cccc(C(F)F)c1. The molecular weight excluding hydrogens is 198 g/mol. The molecule has 0 saturated carbocycles. The van der Waals surface area contributed by atoms with Crippen molar-refractivity contribution in [1.82, 2.24) is 5.32 Å². The normalized spacial score (nSPS) is 10.9. The Morgan fingerprint density at radius 2 is 2.13 bits per heavy atom. The maximum Gasteiger partial charge on any atom is 0.263 e. The van der Waals surface area contributed by atoms with Crippen LogP contribution < -0.4 is 11.1 Å². The number of alkyl halides is 2. The first-order valence-corrected chi connectivity index (χ1v) is 5.02. The van der Waals surface area contributed by atoms with E-state index < -0.39 is 6.43 Å². The summed E-state index contributed by atoms with van der Waals surface area (Å²) in [5.41, 5.74) is 6.29. The molecule has 0 unspecified atom stereocenters. The van der Waals surface area contributed by atoms with Gasteiger partial charge in [0.2, 0.25) is 0 Å². The second kappa shape index (κ2) is 6.48. The molecule has 1 aromatic carbocycles. The van der Waals surface area contributed by atoms with Crippen molar-refractivity contribution in [1.29, 1.82) is 0 Å². The molecule has 0 atom stereocenters. The van der Waals surface area contributed by atoms with Crippen LogP contribution in [0.4, 0.5) is 8.78 Å². The molecule has 0 heterocycles. The third-order valence-corrected chi connectivity index (χ3v) is 2.09. The number of hydrogen-bond donors (Lipinski definition) is 2. The largest absolute Gasteiger partial charge is 0.330 e. The van der Waals surface area contributed by atoms with Gasteiger partial charge in [0, 0.05) is 12.1 Å². The van der Waals surface area contributed by atoms with Crippen molar-refractivity contribution >= 4 is 0 Å². The lowest BCUT2D eigenvalue weighted by Gasteiger charge is -2.06. The maximum absolute atomic E-state index is 12.4. The van der Waals surface area contributed by atoms with Crippen molar-refractivity contribution in [3.8, 4) is 0 Å². The lowest BCUT2D eigenvalue weighted by atomic mass is 10.1. The predicted molar refractivity (Wildman–Crippen MR) is 56.8 cm³/mol. The van der Waals surface area contributed by atoms with Crippen LogP contribution in [0.3, 0.4) is 0 Å². The van der Waals surface area contributed by atoms with Gasteiger partial charge in [-0.3, -0.25) is 0 Å². The van der Waals surface area contributed by atoms with E-state index in [0.29, 0.717) is 13.1 Å². The Bertz CT molecular complexity index is 290. The Morgan fingerprint density at radius 3 is 2.80 bits per heavy atom. The minimum Gasteiger partial charge on any atom is -0.330 e. The third kappa shape index (κ3) is 4.36. The molecule has 1 rings (SSSR count). The van der Waals surface area contributed by atoms with E-state index in [0.717, 1.165) is 18.5 Å². The molecule has 0 aliphatic heterocycles. The Morgan fingerprint density at radius 1 is 1.33 bits per heavy atom. The molecule has 2 nitrogen and oxygen atoms in total. The lowest BCUT2D eigenvalue weighted by Crippen LogP contribution is -2.17. The van der Waals surface area contributed by atoms with E-state index in [1.165, 1.54) is 12.1 Å². The zero-order chi connectivity index (χ0) is 11.1. The number of benzene rings is 1. The molecule has 0 radical (unpaired) electrons. The fourth-order valence-electron chi connectivity index (χ4n) is 1.30. The van der Waals surface area contributed by atoms with Gasteiger partial charge in [0.05, 0.1) is 0 Å². The highest BCUT2D eigenvalue weighted by atomic mass is 19.3. The first kappa shape index (κ1) is 12.1. The van der Waals surface area contributed by atoms with Gasteiger partial charge < -0.3 is 11.1 Å². The van der Waals surface area contributed by atoms with E-state index in [-0.39, 0.29) is 5.56 Å². The summed E-state index contributed by atoms with van der Waals surface area (Å²) in [6.07, 6.45) is -1.50. The van der Waals surface area contributed by atoms with Crippen LogP contribution in [-0.4, -0.2) is 13.1 Å². The molecule has 0 aromatic heterocycles. The van der Waals surface area contributed by atoms with Crippen LogP contribution in [0.1, 0.15) is 24.0 Å². The summed E-state index contributed by atoms with van der Waals surface area (Å²) in [5.74, 6) is 0. The van der Waals surface area contributed by atoms with E-state index in [1.54, 1.807) is 6.07 Å². The van der Waals surface area contributed by atoms with E-state index in [4.69, 9.17) is 5.73 Å². The molecule has 0 amide bonds. The van der Waals surface area contributed by atoms with Crippen molar-refractivity contribution in [2.75, 3.05) is 13.1 Å². The standard InChI is InChI=1S/C11H16F2N2/c12-11(13)10-4-1-3-9(7-10)8-15-6-2-5-14/h1,3-4,7,11,15H,2,5-6,8,14H2. The van der Waals surface area contributed by atoms with Crippen LogP contribution in [0.15, 0.2) is 24.3 Å². The summed E-state index contributed by atoms with van der Waals surface area (Å²) in [7, 11) is 0. The van der Waals surface area contributed by atoms with Gasteiger partial charge in [0.15, 0.2) is 0 Å². The number of hydrogen-bond acceptors (Lipinski definition) is 2. The first-order valence-electron chi connectivity index (χ1n) is 5.02. The monoisotopic (exact) mass is 214 g/mol. The molecule has 0 saturated heterocycles. The van der Waals surface area contributed by atoms with Crippen molar-refractivity contribution < 1.29 is 8.78 Å². The Kier molecular flexibility index (Phi) is 5.21. The van der Waals surface area contributed by atoms with Gasteiger partial charge in [0.25, 0.3) is 6.43 Å². The minimum atomic E-state index is -2.39. The summed E-state index contributed by atoms with van der Waals surface area (Å²) < 4.78 is 24.7. The van der Waals surface area contributed by atoms with E-state index in [1.807, 2.05) is 6.07 Å². The number of nitrogens with one attached hydrogen (secondary N) is 1. The number of halogens is 2. The summed E-state index contributed by atoms with van der Waals surface area (Å²) in [6, 6.07) is 6.46. The zero-order valence-electron chi connectivity index (χ0n) is 8.55. The fraction of sp³-hybridized carbons (Fsp3) is 0.455. The quantitative estimate of drug-likeness (QED) is 0.711. The molecule has 0 fully saturated rings. The summed E-state index contributed by atoms with van der Waals surface area (Å²) in [6.45, 7) is 2.07. The molecule has 15 heavy (non-hydrogen) atoms. The van der Waals surface area contributed by atoms with E-state index >= 15 is 0 Å². The molecule has 0 aliphatic carbocycles. The van der Waals surface area contributed by atoms with Crippen LogP contribution in [0.2, 0.25) is 0 Å². The van der Waals surface area contributed by atoms with Crippen molar-refractivity contribution in [3.05, 3.63) is 35.4 Å². The van der Waals surface area contributed by atoms with E-state index in [2.05, 4.69) is 5.32 Å². The topological polar surface area (TPSA) is 38.0 Å². The summed E-state index contributed by atoms with van der Waals surface area (Å²) >= 11 is 0. The van der Waals surface area contributed by atoms with Gasteiger partial charge >= 0.3 is 0 Å². The first-order chi connectivity index (χ1) is 7.24. The Hall–Kier alpha value is -1.00. The lowest BCUT2D eigenvalue weighted by molar-refractivity contribution is 0.151. The van der Waals surface area contributed by atoms with Gasteiger partial charge in [-0.25, -0.2) is 8.78 Å². The van der Waals surface area contributed by atoms with Gasteiger partial charge in [-0.2, -0.15) is 0 Å². The van der Waals surface area contributed by atoms with Crippen LogP contribution in [0, 0.1) is 0 Å². The van der Waals surface area contributed by atoms with Crippen LogP contribution in [0.5, 0.6) is 0 Å². The van der Waals surface area contributed by atoms with Gasteiger partial charge in [-0.05, 0) is 31.1 Å². The second-order valence-electron chi connectivity index (χ2n) is 3.36. The van der Waals surface area contributed by atoms with Crippen LogP contribution >= 0.6 is 0 Å². The minimum absolute atomic E-state index is 0.0770. The molecular formula is C11H16F2N2. The molecule has 84 valence electrons. The fourth-order valence-corrected chi connectivity index (χ4v) is 1.30. The number of nitrogens with two attached hydrogens (primary N) is 1. The predicted octanol–water partition coefficient (Wildman–Crippen LogP) is 2.06. The van der Waals surface area contributed by atoms with Gasteiger partial charge in [-0.1, -0.05) is 18.2 Å². The number of rotatable bonds is 6.